The molecule has 0 bridgehead atoms. The summed E-state index contributed by atoms with van der Waals surface area (Å²) in [6, 6.07) is 2.57. The fraction of sp³-hybridized carbons (Fsp3) is 0.321. The van der Waals surface area contributed by atoms with Crippen LogP contribution in [0.2, 0.25) is 0 Å². The summed E-state index contributed by atoms with van der Waals surface area (Å²) in [7, 11) is 0. The highest BCUT2D eigenvalue weighted by atomic mass is 16.5. The zero-order valence-electron chi connectivity index (χ0n) is 20.2. The summed E-state index contributed by atoms with van der Waals surface area (Å²) < 4.78 is 12.6. The molecule has 0 fully saturated rings. The van der Waals surface area contributed by atoms with Crippen LogP contribution in [0.15, 0.2) is 51.7 Å². The first kappa shape index (κ1) is 23.5. The van der Waals surface area contributed by atoms with Crippen LogP contribution >= 0.6 is 0 Å². The summed E-state index contributed by atoms with van der Waals surface area (Å²) in [6.45, 7) is 13.8. The topological polar surface area (TPSA) is 100 Å². The molecule has 1 aromatic heterocycles. The van der Waals surface area contributed by atoms with Gasteiger partial charge in [0.25, 0.3) is 0 Å². The van der Waals surface area contributed by atoms with Crippen LogP contribution in [0.1, 0.15) is 58.6 Å². The van der Waals surface area contributed by atoms with Crippen LogP contribution < -0.4 is 10.2 Å². The van der Waals surface area contributed by atoms with Crippen LogP contribution in [0.25, 0.3) is 28.0 Å². The Morgan fingerprint density at radius 1 is 1.15 bits per heavy atom. The fourth-order valence-electron chi connectivity index (χ4n) is 4.36. The molecular formula is C28H30O6. The van der Waals surface area contributed by atoms with Crippen molar-refractivity contribution in [1.29, 1.82) is 0 Å². The molecule has 0 unspecified atom stereocenters. The maximum Gasteiger partial charge on any atom is 0.204 e. The third-order valence-electron chi connectivity index (χ3n) is 6.49. The van der Waals surface area contributed by atoms with Crippen LogP contribution in [-0.2, 0) is 5.41 Å². The second-order valence-corrected chi connectivity index (χ2v) is 9.91. The molecule has 1 atom stereocenters. The largest absolute Gasteiger partial charge is 0.506 e. The van der Waals surface area contributed by atoms with Gasteiger partial charge in [0.1, 0.15) is 28.1 Å². The van der Waals surface area contributed by atoms with Crippen molar-refractivity contribution in [2.75, 3.05) is 0 Å². The van der Waals surface area contributed by atoms with Gasteiger partial charge in [-0.25, -0.2) is 0 Å². The van der Waals surface area contributed by atoms with Crippen molar-refractivity contribution in [3.63, 3.8) is 0 Å². The van der Waals surface area contributed by atoms with Crippen LogP contribution in [0.3, 0.4) is 0 Å². The predicted octanol–water partition coefficient (Wildman–Crippen LogP) is 6.44. The highest BCUT2D eigenvalue weighted by Gasteiger charge is 2.37. The van der Waals surface area contributed by atoms with Gasteiger partial charge in [0, 0.05) is 11.0 Å². The van der Waals surface area contributed by atoms with Crippen molar-refractivity contribution < 1.29 is 24.5 Å². The number of fused-ring (bicyclic) bond motifs is 3. The minimum atomic E-state index is -0.724. The van der Waals surface area contributed by atoms with Gasteiger partial charge in [0.05, 0.1) is 10.9 Å². The summed E-state index contributed by atoms with van der Waals surface area (Å²) in [6.07, 6.45) is 9.06. The lowest BCUT2D eigenvalue weighted by Crippen LogP contribution is -2.33. The Morgan fingerprint density at radius 3 is 2.50 bits per heavy atom. The number of phenolic OH excluding ortho intramolecular Hbond substituents is 3. The molecule has 2 heterocycles. The molecule has 4 rings (SSSR count). The Hall–Kier alpha value is -3.67. The Morgan fingerprint density at radius 2 is 1.85 bits per heavy atom. The molecule has 0 amide bonds. The van der Waals surface area contributed by atoms with Gasteiger partial charge in [-0.05, 0) is 57.9 Å². The number of benzene rings is 2. The molecule has 34 heavy (non-hydrogen) atoms. The van der Waals surface area contributed by atoms with Gasteiger partial charge < -0.3 is 24.5 Å². The van der Waals surface area contributed by atoms with E-state index < -0.39 is 27.9 Å². The van der Waals surface area contributed by atoms with E-state index in [1.165, 1.54) is 17.7 Å². The fourth-order valence-corrected chi connectivity index (χ4v) is 4.36. The number of hydrogen-bond donors (Lipinski definition) is 3. The molecule has 0 saturated heterocycles. The predicted molar refractivity (Wildman–Crippen MR) is 135 cm³/mol. The number of rotatable bonds is 5. The number of hydrogen-bond acceptors (Lipinski definition) is 6. The van der Waals surface area contributed by atoms with E-state index in [1.807, 2.05) is 40.7 Å². The minimum Gasteiger partial charge on any atom is -0.506 e. The van der Waals surface area contributed by atoms with Gasteiger partial charge in [-0.2, -0.15) is 0 Å². The van der Waals surface area contributed by atoms with E-state index >= 15 is 0 Å². The van der Waals surface area contributed by atoms with Gasteiger partial charge in [0.15, 0.2) is 11.3 Å². The van der Waals surface area contributed by atoms with E-state index in [0.717, 1.165) is 6.42 Å². The highest BCUT2D eigenvalue weighted by molar-refractivity contribution is 6.01. The summed E-state index contributed by atoms with van der Waals surface area (Å²) in [4.78, 5) is 13.4. The Kier molecular flexibility index (Phi) is 5.51. The Labute approximate surface area is 198 Å². The normalized spacial score (nSPS) is 17.4. The average Bonchev–Trinajstić information content (AvgIpc) is 2.76. The molecule has 0 aliphatic carbocycles. The van der Waals surface area contributed by atoms with Crippen LogP contribution in [0.5, 0.6) is 23.0 Å². The summed E-state index contributed by atoms with van der Waals surface area (Å²) >= 11 is 0. The highest BCUT2D eigenvalue weighted by Crippen LogP contribution is 2.50. The number of aromatic hydroxyl groups is 3. The lowest BCUT2D eigenvalue weighted by atomic mass is 9.80. The number of phenols is 3. The van der Waals surface area contributed by atoms with Gasteiger partial charge in [-0.1, -0.05) is 31.6 Å². The van der Waals surface area contributed by atoms with Gasteiger partial charge in [-0.3, -0.25) is 4.79 Å². The molecule has 6 heteroatoms. The summed E-state index contributed by atoms with van der Waals surface area (Å²) in [5, 5.41) is 31.6. The standard InChI is InChI=1S/C28H30O6/c1-7-27(4,5)20-24-17(12-14-28(6,34-24)13-8-9-15(2)3)22(31)19-21(30)16-10-11-18(29)23(32)25(16)33-26(19)20/h7,9-12,14,29,31-32H,1,8,13H2,2-6H3/t28-/m0/s1. The lowest BCUT2D eigenvalue weighted by molar-refractivity contribution is 0.125. The molecule has 3 N–H and O–H groups in total. The first-order valence-electron chi connectivity index (χ1n) is 11.3. The first-order chi connectivity index (χ1) is 15.9. The molecule has 0 saturated carbocycles. The number of ether oxygens (including phenoxy) is 1. The third-order valence-corrected chi connectivity index (χ3v) is 6.49. The summed E-state index contributed by atoms with van der Waals surface area (Å²) in [5.41, 5.74) is 0.186. The molecule has 178 valence electrons. The van der Waals surface area contributed by atoms with E-state index in [9.17, 15) is 20.1 Å². The van der Waals surface area contributed by atoms with Crippen molar-refractivity contribution in [1.82, 2.24) is 0 Å². The molecule has 6 nitrogen and oxygen atoms in total. The van der Waals surface area contributed by atoms with E-state index in [4.69, 9.17) is 9.15 Å². The van der Waals surface area contributed by atoms with Crippen LogP contribution in [0.4, 0.5) is 0 Å². The monoisotopic (exact) mass is 462 g/mol. The van der Waals surface area contributed by atoms with E-state index in [-0.39, 0.29) is 27.7 Å². The molecule has 2 aromatic carbocycles. The maximum atomic E-state index is 13.4. The molecule has 3 aromatic rings. The lowest BCUT2D eigenvalue weighted by Gasteiger charge is -2.36. The van der Waals surface area contributed by atoms with Crippen LogP contribution in [0, 0.1) is 0 Å². The smallest absolute Gasteiger partial charge is 0.204 e. The third kappa shape index (κ3) is 3.63. The Balaban J connectivity index is 2.10. The molecular weight excluding hydrogens is 432 g/mol. The Bertz CT molecular complexity index is 1450. The van der Waals surface area contributed by atoms with E-state index in [1.54, 1.807) is 12.2 Å². The molecule has 0 radical (unpaired) electrons. The van der Waals surface area contributed by atoms with Gasteiger partial charge in [-0.15, -0.1) is 6.58 Å². The van der Waals surface area contributed by atoms with Crippen LogP contribution in [-0.4, -0.2) is 20.9 Å². The van der Waals surface area contributed by atoms with Gasteiger partial charge in [0.2, 0.25) is 11.2 Å². The second kappa shape index (κ2) is 7.97. The number of allylic oxidation sites excluding steroid dienone is 3. The quantitative estimate of drug-likeness (QED) is 0.229. The zero-order valence-corrected chi connectivity index (χ0v) is 20.2. The molecule has 1 aliphatic heterocycles. The zero-order chi connectivity index (χ0) is 25.0. The summed E-state index contributed by atoms with van der Waals surface area (Å²) in [5.74, 6) is -0.796. The van der Waals surface area contributed by atoms with Crippen molar-refractivity contribution in [3.05, 3.63) is 63.9 Å². The van der Waals surface area contributed by atoms with Crippen molar-refractivity contribution in [2.45, 2.75) is 58.5 Å². The second-order valence-electron chi connectivity index (χ2n) is 9.91. The van der Waals surface area contributed by atoms with E-state index in [0.29, 0.717) is 23.3 Å². The SMILES string of the molecule is C=CC(C)(C)c1c2c(c(O)c3c(=O)c4ccc(O)c(O)c4oc13)C=C[C@](C)(CCC=C(C)C)O2. The van der Waals surface area contributed by atoms with E-state index in [2.05, 4.69) is 12.7 Å². The van der Waals surface area contributed by atoms with Gasteiger partial charge >= 0.3 is 0 Å². The average molecular weight is 463 g/mol. The molecule has 1 aliphatic rings. The first-order valence-corrected chi connectivity index (χ1v) is 11.3. The van der Waals surface area contributed by atoms with Crippen molar-refractivity contribution in [2.24, 2.45) is 0 Å². The maximum absolute atomic E-state index is 13.4. The van der Waals surface area contributed by atoms with Crippen molar-refractivity contribution >= 4 is 28.0 Å². The van der Waals surface area contributed by atoms with Crippen molar-refractivity contribution in [3.8, 4) is 23.0 Å². The minimum absolute atomic E-state index is 0.0114. The molecule has 0 spiro atoms.